The van der Waals surface area contributed by atoms with Crippen molar-refractivity contribution in [2.75, 3.05) is 0 Å². The van der Waals surface area contributed by atoms with Crippen molar-refractivity contribution in [2.24, 2.45) is 0 Å². The minimum Gasteiger partial charge on any atom is -0.453 e. The molecule has 0 spiro atoms. The molecule has 2 atom stereocenters. The topological polar surface area (TPSA) is 52.6 Å². The first-order valence-electron chi connectivity index (χ1n) is 11.2. The zero-order valence-corrected chi connectivity index (χ0v) is 20.9. The Bertz CT molecular complexity index is 1290. The van der Waals surface area contributed by atoms with Crippen molar-refractivity contribution in [1.29, 1.82) is 0 Å². The van der Waals surface area contributed by atoms with Crippen LogP contribution in [0.4, 0.5) is 0 Å². The van der Waals surface area contributed by atoms with E-state index in [0.717, 1.165) is 0 Å². The number of benzene rings is 3. The first kappa shape index (κ1) is 29.8. The van der Waals surface area contributed by atoms with Gasteiger partial charge in [-0.15, -0.1) is 32.8 Å². The standard InChI is InChI=1S/C24H12B10O4/c1-7(35)37-23(11-13(25)17(29)21(33)18(30)14(11)26)9-5-3-4-6-10(9)24(38-8(2)36)12-15(27)19(31)22(34)20(32)16(12)28/h3-6,23-24H,1-2H3. The van der Waals surface area contributed by atoms with Crippen molar-refractivity contribution < 1.29 is 19.1 Å². The highest BCUT2D eigenvalue weighted by Gasteiger charge is 2.31. The van der Waals surface area contributed by atoms with Gasteiger partial charge < -0.3 is 9.47 Å². The maximum Gasteiger partial charge on any atom is 0.303 e. The average Bonchev–Trinajstić information content (AvgIpc) is 2.87. The zero-order valence-electron chi connectivity index (χ0n) is 20.9. The third kappa shape index (κ3) is 5.37. The third-order valence-electron chi connectivity index (χ3n) is 6.14. The normalized spacial score (nSPS) is 12.5. The number of rotatable bonds is 6. The molecule has 2 unspecified atom stereocenters. The zero-order chi connectivity index (χ0) is 28.6. The Morgan fingerprint density at radius 3 is 0.974 bits per heavy atom. The van der Waals surface area contributed by atoms with E-state index in [2.05, 4.69) is 0 Å². The maximum atomic E-state index is 12.3. The molecule has 0 saturated carbocycles. The van der Waals surface area contributed by atoms with E-state index in [1.54, 1.807) is 24.3 Å². The molecule has 0 amide bonds. The van der Waals surface area contributed by atoms with Crippen LogP contribution in [0.3, 0.4) is 0 Å². The fourth-order valence-corrected chi connectivity index (χ4v) is 4.18. The molecule has 162 valence electrons. The molecule has 3 aromatic carbocycles. The summed E-state index contributed by atoms with van der Waals surface area (Å²) in [4.78, 5) is 24.5. The van der Waals surface area contributed by atoms with Crippen molar-refractivity contribution in [1.82, 2.24) is 0 Å². The number of hydrogen-bond acceptors (Lipinski definition) is 4. The Labute approximate surface area is 236 Å². The number of carbonyl (C=O) groups is 2. The predicted molar refractivity (Wildman–Crippen MR) is 160 cm³/mol. The first-order valence-corrected chi connectivity index (χ1v) is 11.2. The largest absolute Gasteiger partial charge is 0.453 e. The first-order chi connectivity index (χ1) is 17.7. The van der Waals surface area contributed by atoms with Crippen molar-refractivity contribution in [3.63, 3.8) is 0 Å². The minimum absolute atomic E-state index is 0.0234. The maximum absolute atomic E-state index is 12.3. The van der Waals surface area contributed by atoms with Crippen molar-refractivity contribution in [2.45, 2.75) is 26.1 Å². The highest BCUT2D eigenvalue weighted by Crippen LogP contribution is 2.34. The van der Waals surface area contributed by atoms with Gasteiger partial charge in [0.1, 0.15) is 78.5 Å². The molecule has 14 heteroatoms. The smallest absolute Gasteiger partial charge is 0.303 e. The van der Waals surface area contributed by atoms with E-state index in [9.17, 15) is 9.59 Å². The van der Waals surface area contributed by atoms with Crippen molar-refractivity contribution >= 4 is 145 Å². The van der Waals surface area contributed by atoms with Gasteiger partial charge in [-0.05, 0) is 11.1 Å². The molecule has 20 radical (unpaired) electrons. The van der Waals surface area contributed by atoms with E-state index in [-0.39, 0.29) is 76.9 Å². The summed E-state index contributed by atoms with van der Waals surface area (Å²) in [5, 5.41) is 0. The highest BCUT2D eigenvalue weighted by atomic mass is 16.5. The average molecular weight is 472 g/mol. The lowest BCUT2D eigenvalue weighted by molar-refractivity contribution is -0.146. The van der Waals surface area contributed by atoms with E-state index in [1.807, 2.05) is 0 Å². The Morgan fingerprint density at radius 2 is 0.737 bits per heavy atom. The molecule has 0 aliphatic rings. The summed E-state index contributed by atoms with van der Waals surface area (Å²) in [7, 11) is 61.3. The molecular weight excluding hydrogens is 460 g/mol. The number of carbonyl (C=O) groups excluding carboxylic acids is 2. The molecule has 0 bridgehead atoms. The lowest BCUT2D eigenvalue weighted by Crippen LogP contribution is -2.57. The molecule has 0 N–H and O–H groups in total. The second-order valence-electron chi connectivity index (χ2n) is 8.57. The van der Waals surface area contributed by atoms with E-state index in [0.29, 0.717) is 0 Å². The van der Waals surface area contributed by atoms with Gasteiger partial charge in [-0.3, -0.25) is 9.59 Å². The summed E-state index contributed by atoms with van der Waals surface area (Å²) in [5.41, 5.74) is 0.247. The van der Waals surface area contributed by atoms with Gasteiger partial charge in [-0.1, -0.05) is 46.1 Å². The van der Waals surface area contributed by atoms with Crippen LogP contribution < -0.4 is 54.6 Å². The molecule has 0 aliphatic heterocycles. The van der Waals surface area contributed by atoms with E-state index in [4.69, 9.17) is 87.9 Å². The second-order valence-corrected chi connectivity index (χ2v) is 8.57. The van der Waals surface area contributed by atoms with Crippen LogP contribution >= 0.6 is 0 Å². The highest BCUT2D eigenvalue weighted by molar-refractivity contribution is 6.68. The van der Waals surface area contributed by atoms with Crippen LogP contribution in [0, 0.1) is 0 Å². The monoisotopic (exact) mass is 474 g/mol. The summed E-state index contributed by atoms with van der Waals surface area (Å²) in [6.45, 7) is 2.37. The number of esters is 2. The van der Waals surface area contributed by atoms with Gasteiger partial charge in [0, 0.05) is 25.0 Å². The van der Waals surface area contributed by atoms with E-state index < -0.39 is 24.1 Å². The lowest BCUT2D eigenvalue weighted by Gasteiger charge is -2.32. The van der Waals surface area contributed by atoms with Crippen LogP contribution in [-0.2, 0) is 19.1 Å². The molecule has 0 aliphatic carbocycles. The summed E-state index contributed by atoms with van der Waals surface area (Å²) < 4.78 is 11.3. The van der Waals surface area contributed by atoms with E-state index >= 15 is 0 Å². The molecule has 0 aromatic heterocycles. The van der Waals surface area contributed by atoms with Gasteiger partial charge in [0.15, 0.2) is 12.2 Å². The molecular formula is C24H12B10O4. The molecule has 3 aromatic rings. The minimum atomic E-state index is -1.28. The second kappa shape index (κ2) is 11.6. The molecule has 38 heavy (non-hydrogen) atoms. The Kier molecular flexibility index (Phi) is 9.06. The Hall–Kier alpha value is -2.75. The summed E-state index contributed by atoms with van der Waals surface area (Å²) in [5.74, 6) is -1.39. The molecule has 0 heterocycles. The fourth-order valence-electron chi connectivity index (χ4n) is 4.18. The van der Waals surface area contributed by atoms with Crippen molar-refractivity contribution in [3.05, 3.63) is 46.5 Å². The summed E-state index contributed by atoms with van der Waals surface area (Å²) in [6, 6.07) is 6.48. The summed E-state index contributed by atoms with van der Waals surface area (Å²) in [6.07, 6.45) is -2.56. The van der Waals surface area contributed by atoms with Gasteiger partial charge in [0.05, 0.1) is 0 Å². The number of hydrogen-bond donors (Lipinski definition) is 0. The summed E-state index contributed by atoms with van der Waals surface area (Å²) >= 11 is 0. The van der Waals surface area contributed by atoms with Crippen LogP contribution in [0.25, 0.3) is 0 Å². The molecule has 0 saturated heterocycles. The SMILES string of the molecule is [B]c1c([B])c([B])c(C(OC(C)=O)c2ccccc2C(OC(C)=O)c2c([B])c([B])c([B])c([B])c2[B])c([B])c1[B]. The predicted octanol–water partition coefficient (Wildman–Crippen LogP) is -7.07. The Balaban J connectivity index is 2.42. The van der Waals surface area contributed by atoms with Crippen LogP contribution in [0.5, 0.6) is 0 Å². The van der Waals surface area contributed by atoms with E-state index in [1.165, 1.54) is 13.8 Å². The van der Waals surface area contributed by atoms with Gasteiger partial charge in [-0.25, -0.2) is 0 Å². The van der Waals surface area contributed by atoms with Crippen LogP contribution in [0.15, 0.2) is 24.3 Å². The van der Waals surface area contributed by atoms with Crippen molar-refractivity contribution in [3.8, 4) is 0 Å². The molecule has 4 nitrogen and oxygen atoms in total. The van der Waals surface area contributed by atoms with Gasteiger partial charge in [0.25, 0.3) is 0 Å². The van der Waals surface area contributed by atoms with Gasteiger partial charge >= 0.3 is 11.9 Å². The van der Waals surface area contributed by atoms with Crippen LogP contribution in [0.2, 0.25) is 0 Å². The lowest BCUT2D eigenvalue weighted by atomic mass is 9.59. The quantitative estimate of drug-likeness (QED) is 0.265. The third-order valence-corrected chi connectivity index (χ3v) is 6.14. The van der Waals surface area contributed by atoms with Gasteiger partial charge in [0.2, 0.25) is 0 Å². The van der Waals surface area contributed by atoms with Crippen LogP contribution in [-0.4, -0.2) is 90.4 Å². The van der Waals surface area contributed by atoms with Crippen LogP contribution in [0.1, 0.15) is 48.3 Å². The molecule has 0 fully saturated rings. The Morgan fingerprint density at radius 1 is 0.500 bits per heavy atom. The van der Waals surface area contributed by atoms with Gasteiger partial charge in [-0.2, -0.15) is 0 Å². The fraction of sp³-hybridized carbons (Fsp3) is 0.167. The molecule has 3 rings (SSSR count). The number of ether oxygens (including phenoxy) is 2.